The first kappa shape index (κ1) is 15.0. The van der Waals surface area contributed by atoms with Gasteiger partial charge in [0.05, 0.1) is 0 Å². The van der Waals surface area contributed by atoms with Crippen LogP contribution in [0.3, 0.4) is 0 Å². The van der Waals surface area contributed by atoms with Gasteiger partial charge in [0.2, 0.25) is 0 Å². The molecule has 1 N–H and O–H groups in total. The lowest BCUT2D eigenvalue weighted by atomic mass is 9.96. The summed E-state index contributed by atoms with van der Waals surface area (Å²) in [6, 6.07) is 7.98. The fourth-order valence-corrected chi connectivity index (χ4v) is 2.14. The van der Waals surface area contributed by atoms with Crippen molar-refractivity contribution >= 4 is 22.0 Å². The van der Waals surface area contributed by atoms with Crippen LogP contribution >= 0.6 is 15.9 Å². The van der Waals surface area contributed by atoms with E-state index >= 15 is 0 Å². The van der Waals surface area contributed by atoms with Gasteiger partial charge in [-0.05, 0) is 16.5 Å². The third-order valence-corrected chi connectivity index (χ3v) is 3.10. The van der Waals surface area contributed by atoms with E-state index in [9.17, 15) is 9.90 Å². The normalized spacial score (nSPS) is 11.3. The number of alkyl halides is 1. The maximum Gasteiger partial charge on any atom is 0.407 e. The fraction of sp³-hybridized carbons (Fsp3) is 0.500. The summed E-state index contributed by atoms with van der Waals surface area (Å²) >= 11 is 3.41. The van der Waals surface area contributed by atoms with Crippen LogP contribution in [-0.2, 0) is 11.9 Å². The Balaban J connectivity index is 2.80. The van der Waals surface area contributed by atoms with Crippen molar-refractivity contribution in [3.63, 3.8) is 0 Å². The molecular formula is C14H20BrNO2. The largest absolute Gasteiger partial charge is 0.465 e. The minimum atomic E-state index is -0.867. The first-order valence-electron chi connectivity index (χ1n) is 5.93. The second kappa shape index (κ2) is 6.23. The highest BCUT2D eigenvalue weighted by molar-refractivity contribution is 9.08. The average Bonchev–Trinajstić information content (AvgIpc) is 2.26. The second-order valence-corrected chi connectivity index (χ2v) is 6.21. The first-order valence-corrected chi connectivity index (χ1v) is 7.05. The number of hydrogen-bond donors (Lipinski definition) is 1. The van der Waals surface area contributed by atoms with E-state index in [0.29, 0.717) is 13.1 Å². The zero-order valence-electron chi connectivity index (χ0n) is 11.1. The summed E-state index contributed by atoms with van der Waals surface area (Å²) < 4.78 is 0. The predicted octanol–water partition coefficient (Wildman–Crippen LogP) is 4.11. The maximum atomic E-state index is 11.3. The minimum absolute atomic E-state index is 0.0363. The number of benzene rings is 1. The third kappa shape index (κ3) is 5.08. The van der Waals surface area contributed by atoms with Gasteiger partial charge in [-0.1, -0.05) is 61.0 Å². The van der Waals surface area contributed by atoms with Crippen LogP contribution in [-0.4, -0.2) is 22.6 Å². The van der Waals surface area contributed by atoms with E-state index in [1.807, 2.05) is 45.0 Å². The van der Waals surface area contributed by atoms with Gasteiger partial charge in [0, 0.05) is 18.4 Å². The van der Waals surface area contributed by atoms with E-state index in [0.717, 1.165) is 16.5 Å². The van der Waals surface area contributed by atoms with Gasteiger partial charge in [-0.2, -0.15) is 0 Å². The van der Waals surface area contributed by atoms with E-state index in [1.165, 1.54) is 4.90 Å². The van der Waals surface area contributed by atoms with Crippen LogP contribution in [0, 0.1) is 5.41 Å². The van der Waals surface area contributed by atoms with E-state index in [2.05, 4.69) is 15.9 Å². The lowest BCUT2D eigenvalue weighted by Crippen LogP contribution is -2.36. The molecule has 4 heteroatoms. The Labute approximate surface area is 117 Å². The highest BCUT2D eigenvalue weighted by Crippen LogP contribution is 2.18. The quantitative estimate of drug-likeness (QED) is 0.850. The zero-order valence-corrected chi connectivity index (χ0v) is 12.7. The lowest BCUT2D eigenvalue weighted by molar-refractivity contribution is 0.123. The van der Waals surface area contributed by atoms with Crippen LogP contribution in [0.5, 0.6) is 0 Å². The molecule has 0 aliphatic heterocycles. The second-order valence-electron chi connectivity index (χ2n) is 5.65. The smallest absolute Gasteiger partial charge is 0.407 e. The van der Waals surface area contributed by atoms with Gasteiger partial charge in [-0.3, -0.25) is 0 Å². The monoisotopic (exact) mass is 313 g/mol. The standard InChI is InChI=1S/C14H20BrNO2/c1-14(2,3)10-16(13(17)18)9-12-6-4-5-11(7-12)8-15/h4-7H,8-10H2,1-3H3,(H,17,18). The molecule has 0 unspecified atom stereocenters. The molecule has 0 aliphatic carbocycles. The topological polar surface area (TPSA) is 40.5 Å². The Kier molecular flexibility index (Phi) is 5.20. The van der Waals surface area contributed by atoms with Crippen molar-refractivity contribution in [2.45, 2.75) is 32.6 Å². The predicted molar refractivity (Wildman–Crippen MR) is 77.0 cm³/mol. The number of carboxylic acid groups (broad SMARTS) is 1. The van der Waals surface area contributed by atoms with Gasteiger partial charge in [-0.25, -0.2) is 4.79 Å². The molecule has 0 aromatic heterocycles. The molecule has 0 bridgehead atoms. The van der Waals surface area contributed by atoms with Gasteiger partial charge >= 0.3 is 6.09 Å². The third-order valence-electron chi connectivity index (χ3n) is 2.45. The number of halogens is 1. The zero-order chi connectivity index (χ0) is 13.8. The molecule has 0 heterocycles. The van der Waals surface area contributed by atoms with Crippen molar-refractivity contribution in [3.05, 3.63) is 35.4 Å². The molecule has 0 saturated heterocycles. The Morgan fingerprint density at radius 2 is 1.94 bits per heavy atom. The molecule has 3 nitrogen and oxygen atoms in total. The summed E-state index contributed by atoms with van der Waals surface area (Å²) in [5.41, 5.74) is 2.15. The Hall–Kier alpha value is -1.03. The highest BCUT2D eigenvalue weighted by atomic mass is 79.9. The van der Waals surface area contributed by atoms with E-state index < -0.39 is 6.09 Å². The summed E-state index contributed by atoms with van der Waals surface area (Å²) in [5, 5.41) is 10.0. The first-order chi connectivity index (χ1) is 8.31. The van der Waals surface area contributed by atoms with Crippen LogP contribution in [0.1, 0.15) is 31.9 Å². The van der Waals surface area contributed by atoms with Crippen LogP contribution in [0.2, 0.25) is 0 Å². The van der Waals surface area contributed by atoms with Crippen molar-refractivity contribution in [1.29, 1.82) is 0 Å². The van der Waals surface area contributed by atoms with Crippen molar-refractivity contribution in [2.24, 2.45) is 5.41 Å². The van der Waals surface area contributed by atoms with Gasteiger partial charge in [-0.15, -0.1) is 0 Å². The average molecular weight is 314 g/mol. The van der Waals surface area contributed by atoms with E-state index in [1.54, 1.807) is 0 Å². The molecule has 1 amide bonds. The molecule has 0 aliphatic rings. The number of nitrogens with zero attached hydrogens (tertiary/aromatic N) is 1. The van der Waals surface area contributed by atoms with Crippen LogP contribution in [0.15, 0.2) is 24.3 Å². The number of carbonyl (C=O) groups is 1. The molecule has 0 radical (unpaired) electrons. The van der Waals surface area contributed by atoms with Gasteiger partial charge < -0.3 is 10.0 Å². The van der Waals surface area contributed by atoms with Crippen molar-refractivity contribution in [2.75, 3.05) is 6.54 Å². The molecule has 0 atom stereocenters. The molecule has 0 saturated carbocycles. The van der Waals surface area contributed by atoms with Gasteiger partial charge in [0.1, 0.15) is 0 Å². The fourth-order valence-electron chi connectivity index (χ4n) is 1.80. The Bertz CT molecular complexity index is 413. The Morgan fingerprint density at radius 3 is 2.44 bits per heavy atom. The van der Waals surface area contributed by atoms with E-state index in [-0.39, 0.29) is 5.41 Å². The molecule has 100 valence electrons. The highest BCUT2D eigenvalue weighted by Gasteiger charge is 2.20. The number of amides is 1. The van der Waals surface area contributed by atoms with Gasteiger partial charge in [0.25, 0.3) is 0 Å². The van der Waals surface area contributed by atoms with Gasteiger partial charge in [0.15, 0.2) is 0 Å². The SMILES string of the molecule is CC(C)(C)CN(Cc1cccc(CBr)c1)C(=O)O. The van der Waals surface area contributed by atoms with Crippen LogP contribution < -0.4 is 0 Å². The summed E-state index contributed by atoms with van der Waals surface area (Å²) in [7, 11) is 0. The summed E-state index contributed by atoms with van der Waals surface area (Å²) in [6.07, 6.45) is -0.867. The lowest BCUT2D eigenvalue weighted by Gasteiger charge is -2.27. The minimum Gasteiger partial charge on any atom is -0.465 e. The van der Waals surface area contributed by atoms with Crippen LogP contribution in [0.25, 0.3) is 0 Å². The maximum absolute atomic E-state index is 11.3. The Morgan fingerprint density at radius 1 is 1.33 bits per heavy atom. The molecule has 1 aromatic carbocycles. The molecule has 1 aromatic rings. The molecule has 18 heavy (non-hydrogen) atoms. The molecular weight excluding hydrogens is 294 g/mol. The summed E-state index contributed by atoms with van der Waals surface area (Å²) in [5.74, 6) is 0. The van der Waals surface area contributed by atoms with Crippen LogP contribution in [0.4, 0.5) is 4.79 Å². The molecule has 0 fully saturated rings. The summed E-state index contributed by atoms with van der Waals surface area (Å²) in [6.45, 7) is 7.09. The van der Waals surface area contributed by atoms with Crippen molar-refractivity contribution < 1.29 is 9.90 Å². The van der Waals surface area contributed by atoms with Crippen molar-refractivity contribution in [1.82, 2.24) is 4.90 Å². The van der Waals surface area contributed by atoms with E-state index in [4.69, 9.17) is 0 Å². The summed E-state index contributed by atoms with van der Waals surface area (Å²) in [4.78, 5) is 12.7. The number of hydrogen-bond acceptors (Lipinski definition) is 1. The van der Waals surface area contributed by atoms with Crippen molar-refractivity contribution in [3.8, 4) is 0 Å². The number of rotatable bonds is 4. The molecule has 0 spiro atoms. The molecule has 1 rings (SSSR count).